The summed E-state index contributed by atoms with van der Waals surface area (Å²) in [7, 11) is 0. The zero-order valence-corrected chi connectivity index (χ0v) is 10.6. The number of ketones is 1. The molecule has 15 heavy (non-hydrogen) atoms. The van der Waals surface area contributed by atoms with E-state index in [-0.39, 0.29) is 28.0 Å². The van der Waals surface area contributed by atoms with Crippen LogP contribution in [0, 0.1) is 29.1 Å². The van der Waals surface area contributed by atoms with E-state index in [4.69, 9.17) is 23.2 Å². The number of hydrogen-bond acceptors (Lipinski definition) is 1. The van der Waals surface area contributed by atoms with Crippen molar-refractivity contribution >= 4 is 29.0 Å². The van der Waals surface area contributed by atoms with Crippen molar-refractivity contribution < 1.29 is 4.79 Å². The van der Waals surface area contributed by atoms with E-state index in [0.29, 0.717) is 17.6 Å². The molecule has 3 aliphatic rings. The van der Waals surface area contributed by atoms with Gasteiger partial charge in [-0.25, -0.2) is 0 Å². The van der Waals surface area contributed by atoms with E-state index in [1.165, 1.54) is 6.42 Å². The maximum Gasteiger partial charge on any atom is 0.141 e. The number of hydrogen-bond donors (Lipinski definition) is 0. The molecule has 3 aliphatic carbocycles. The Kier molecular flexibility index (Phi) is 2.03. The molecule has 0 aromatic heterocycles. The van der Waals surface area contributed by atoms with Crippen molar-refractivity contribution in [1.29, 1.82) is 0 Å². The van der Waals surface area contributed by atoms with Crippen molar-refractivity contribution in [3.63, 3.8) is 0 Å². The Morgan fingerprint density at radius 2 is 2.00 bits per heavy atom. The van der Waals surface area contributed by atoms with Crippen molar-refractivity contribution in [2.24, 2.45) is 29.1 Å². The molecule has 0 amide bonds. The van der Waals surface area contributed by atoms with Crippen LogP contribution in [0.5, 0.6) is 0 Å². The molecule has 3 heteroatoms. The zero-order chi connectivity index (χ0) is 11.0. The normalized spacial score (nSPS) is 62.5. The molecule has 0 heterocycles. The first-order valence-corrected chi connectivity index (χ1v) is 6.68. The number of fused-ring (bicyclic) bond motifs is 3. The number of rotatable bonds is 0. The third kappa shape index (κ3) is 0.958. The van der Waals surface area contributed by atoms with Gasteiger partial charge in [0.2, 0.25) is 0 Å². The quantitative estimate of drug-likeness (QED) is 0.601. The highest BCUT2D eigenvalue weighted by molar-refractivity contribution is 6.33. The molecule has 3 rings (SSSR count). The van der Waals surface area contributed by atoms with Crippen LogP contribution in [-0.2, 0) is 4.79 Å². The summed E-state index contributed by atoms with van der Waals surface area (Å²) in [6.07, 6.45) is 2.34. The minimum Gasteiger partial charge on any atom is -0.299 e. The van der Waals surface area contributed by atoms with Gasteiger partial charge in [0.15, 0.2) is 0 Å². The fraction of sp³-hybridized carbons (Fsp3) is 0.917. The fourth-order valence-corrected chi connectivity index (χ4v) is 5.50. The third-order valence-corrected chi connectivity index (χ3v) is 6.65. The van der Waals surface area contributed by atoms with Crippen molar-refractivity contribution in [3.05, 3.63) is 0 Å². The van der Waals surface area contributed by atoms with Crippen molar-refractivity contribution in [1.82, 2.24) is 0 Å². The predicted molar refractivity (Wildman–Crippen MR) is 61.3 cm³/mol. The van der Waals surface area contributed by atoms with Crippen LogP contribution in [0.4, 0.5) is 0 Å². The van der Waals surface area contributed by atoms with Gasteiger partial charge in [0, 0.05) is 17.3 Å². The first-order valence-electron chi connectivity index (χ1n) is 5.81. The molecule has 0 bridgehead atoms. The highest BCUT2D eigenvalue weighted by atomic mass is 35.5. The van der Waals surface area contributed by atoms with Gasteiger partial charge in [-0.05, 0) is 24.7 Å². The Morgan fingerprint density at radius 1 is 1.33 bits per heavy atom. The lowest BCUT2D eigenvalue weighted by atomic mass is 9.58. The van der Waals surface area contributed by atoms with Gasteiger partial charge in [-0.15, -0.1) is 23.2 Å². The second-order valence-electron chi connectivity index (χ2n) is 5.78. The van der Waals surface area contributed by atoms with Crippen LogP contribution in [0.25, 0.3) is 0 Å². The second kappa shape index (κ2) is 2.92. The smallest absolute Gasteiger partial charge is 0.141 e. The molecule has 0 saturated heterocycles. The second-order valence-corrected chi connectivity index (χ2v) is 6.75. The largest absolute Gasteiger partial charge is 0.299 e. The van der Waals surface area contributed by atoms with E-state index in [1.807, 2.05) is 0 Å². The van der Waals surface area contributed by atoms with E-state index < -0.39 is 0 Å². The Morgan fingerprint density at radius 3 is 2.67 bits per heavy atom. The van der Waals surface area contributed by atoms with E-state index in [9.17, 15) is 4.79 Å². The zero-order valence-electron chi connectivity index (χ0n) is 9.04. The van der Waals surface area contributed by atoms with Crippen LogP contribution in [-0.4, -0.2) is 16.5 Å². The van der Waals surface area contributed by atoms with Gasteiger partial charge in [-0.3, -0.25) is 4.79 Å². The predicted octanol–water partition coefficient (Wildman–Crippen LogP) is 3.08. The monoisotopic (exact) mass is 246 g/mol. The molecule has 3 fully saturated rings. The van der Waals surface area contributed by atoms with E-state index >= 15 is 0 Å². The summed E-state index contributed by atoms with van der Waals surface area (Å²) in [6, 6.07) is 0. The van der Waals surface area contributed by atoms with Crippen LogP contribution < -0.4 is 0 Å². The van der Waals surface area contributed by atoms with Gasteiger partial charge in [0.1, 0.15) is 5.78 Å². The van der Waals surface area contributed by atoms with Crippen molar-refractivity contribution in [2.75, 3.05) is 0 Å². The summed E-state index contributed by atoms with van der Waals surface area (Å²) >= 11 is 12.5. The Labute approximate surface area is 101 Å². The van der Waals surface area contributed by atoms with E-state index in [1.54, 1.807) is 0 Å². The van der Waals surface area contributed by atoms with Crippen molar-refractivity contribution in [3.8, 4) is 0 Å². The SMILES string of the molecule is C[C@@H]1CC[C@H]2[C@@H]1C(=O)[C@@H]1C(Cl)C(Cl)[C@@]12C. The van der Waals surface area contributed by atoms with Gasteiger partial charge in [-0.1, -0.05) is 13.8 Å². The molecule has 7 atom stereocenters. The lowest BCUT2D eigenvalue weighted by Crippen LogP contribution is -2.59. The van der Waals surface area contributed by atoms with Gasteiger partial charge in [-0.2, -0.15) is 0 Å². The standard InChI is InChI=1S/C12H16Cl2O/c1-5-3-4-6-7(5)10(15)8-9(13)11(14)12(6,8)2/h5-9,11H,3-4H2,1-2H3/t5-,6+,7-,8+,9?,11?,12-/m1/s1. The van der Waals surface area contributed by atoms with Gasteiger partial charge in [0.05, 0.1) is 10.8 Å². The first-order chi connectivity index (χ1) is 6.99. The molecular weight excluding hydrogens is 231 g/mol. The minimum atomic E-state index is -0.123. The molecule has 84 valence electrons. The average Bonchev–Trinajstić information content (AvgIpc) is 2.66. The van der Waals surface area contributed by atoms with Gasteiger partial charge >= 0.3 is 0 Å². The van der Waals surface area contributed by atoms with Gasteiger partial charge in [0.25, 0.3) is 0 Å². The molecular formula is C12H16Cl2O. The van der Waals surface area contributed by atoms with Crippen LogP contribution in [0.2, 0.25) is 0 Å². The van der Waals surface area contributed by atoms with Crippen LogP contribution in [0.1, 0.15) is 26.7 Å². The maximum absolute atomic E-state index is 12.3. The molecule has 0 aromatic carbocycles. The molecule has 3 saturated carbocycles. The molecule has 0 aromatic rings. The highest BCUT2D eigenvalue weighted by Crippen LogP contribution is 2.68. The van der Waals surface area contributed by atoms with Crippen molar-refractivity contribution in [2.45, 2.75) is 37.4 Å². The lowest BCUT2D eigenvalue weighted by Gasteiger charge is -2.52. The van der Waals surface area contributed by atoms with E-state index in [0.717, 1.165) is 6.42 Å². The first kappa shape index (κ1) is 10.4. The van der Waals surface area contributed by atoms with Crippen LogP contribution in [0.3, 0.4) is 0 Å². The number of Topliss-reactive ketones (excluding diaryl/α,β-unsaturated/α-hetero) is 1. The molecule has 0 radical (unpaired) electrons. The van der Waals surface area contributed by atoms with Crippen LogP contribution in [0.15, 0.2) is 0 Å². The topological polar surface area (TPSA) is 17.1 Å². The van der Waals surface area contributed by atoms with E-state index in [2.05, 4.69) is 13.8 Å². The van der Waals surface area contributed by atoms with Gasteiger partial charge < -0.3 is 0 Å². The summed E-state index contributed by atoms with van der Waals surface area (Å²) in [5, 5.41) is -0.129. The Bertz CT molecular complexity index is 326. The molecule has 2 unspecified atom stereocenters. The minimum absolute atomic E-state index is 0.000478. The summed E-state index contributed by atoms with van der Waals surface area (Å²) in [5.41, 5.74) is 0.000478. The molecule has 0 aliphatic heterocycles. The average molecular weight is 247 g/mol. The molecule has 0 N–H and O–H groups in total. The summed E-state index contributed by atoms with van der Waals surface area (Å²) < 4.78 is 0. The fourth-order valence-electron chi connectivity index (χ4n) is 4.39. The van der Waals surface area contributed by atoms with Crippen LogP contribution >= 0.6 is 23.2 Å². The Balaban J connectivity index is 2.02. The summed E-state index contributed by atoms with van der Waals surface area (Å²) in [5.74, 6) is 1.74. The number of carbonyl (C=O) groups excluding carboxylic acids is 1. The lowest BCUT2D eigenvalue weighted by molar-refractivity contribution is -0.128. The maximum atomic E-state index is 12.3. The molecule has 1 nitrogen and oxygen atoms in total. The number of carbonyl (C=O) groups is 1. The number of halogens is 2. The summed E-state index contributed by atoms with van der Waals surface area (Å²) in [4.78, 5) is 12.3. The molecule has 0 spiro atoms. The summed E-state index contributed by atoms with van der Waals surface area (Å²) in [6.45, 7) is 4.37. The highest BCUT2D eigenvalue weighted by Gasteiger charge is 2.72. The Hall–Kier alpha value is 0.250. The number of alkyl halides is 2. The third-order valence-electron chi connectivity index (χ3n) is 5.28.